The molecule has 0 unspecified atom stereocenters. The van der Waals surface area contributed by atoms with Crippen LogP contribution in [0.4, 0.5) is 0 Å². The minimum atomic E-state index is -0.737. The Kier molecular flexibility index (Phi) is 5.44. The van der Waals surface area contributed by atoms with Gasteiger partial charge in [-0.1, -0.05) is 23.2 Å². The van der Waals surface area contributed by atoms with Crippen LogP contribution in [0.2, 0.25) is 10.0 Å². The molecular formula is C15H18Cl2O3. The zero-order valence-electron chi connectivity index (χ0n) is 11.5. The van der Waals surface area contributed by atoms with Crippen molar-refractivity contribution in [2.45, 2.75) is 31.8 Å². The van der Waals surface area contributed by atoms with Crippen LogP contribution in [0.3, 0.4) is 0 Å². The van der Waals surface area contributed by atoms with Gasteiger partial charge in [-0.25, -0.2) is 0 Å². The van der Waals surface area contributed by atoms with Gasteiger partial charge >= 0.3 is 0 Å². The molecule has 20 heavy (non-hydrogen) atoms. The maximum atomic E-state index is 12.7. The molecule has 0 aromatic heterocycles. The Morgan fingerprint density at radius 2 is 2.05 bits per heavy atom. The molecule has 0 saturated carbocycles. The van der Waals surface area contributed by atoms with Crippen LogP contribution < -0.4 is 0 Å². The molecule has 0 N–H and O–H groups in total. The second-order valence-corrected chi connectivity index (χ2v) is 5.72. The largest absolute Gasteiger partial charge is 0.381 e. The second-order valence-electron chi connectivity index (χ2n) is 4.88. The van der Waals surface area contributed by atoms with Gasteiger partial charge in [0.2, 0.25) is 0 Å². The number of halogens is 2. The first-order valence-corrected chi connectivity index (χ1v) is 7.52. The zero-order valence-corrected chi connectivity index (χ0v) is 13.0. The normalized spacial score (nSPS) is 17.9. The zero-order chi connectivity index (χ0) is 14.6. The van der Waals surface area contributed by atoms with Crippen LogP contribution in [0.5, 0.6) is 0 Å². The molecule has 1 aliphatic rings. The first-order chi connectivity index (χ1) is 9.57. The fraction of sp³-hybridized carbons (Fsp3) is 0.533. The second kappa shape index (κ2) is 6.90. The molecule has 110 valence electrons. The van der Waals surface area contributed by atoms with Crippen molar-refractivity contribution >= 4 is 29.0 Å². The predicted octanol–water partition coefficient (Wildman–Crippen LogP) is 3.69. The molecule has 1 aliphatic heterocycles. The predicted molar refractivity (Wildman–Crippen MR) is 79.6 cm³/mol. The highest BCUT2D eigenvalue weighted by Crippen LogP contribution is 2.30. The molecule has 0 radical (unpaired) electrons. The molecule has 2 rings (SSSR count). The van der Waals surface area contributed by atoms with Crippen molar-refractivity contribution in [1.82, 2.24) is 0 Å². The molecule has 0 spiro atoms. The van der Waals surface area contributed by atoms with Crippen molar-refractivity contribution in [3.63, 3.8) is 0 Å². The lowest BCUT2D eigenvalue weighted by molar-refractivity contribution is -0.156. The molecule has 1 aromatic carbocycles. The van der Waals surface area contributed by atoms with E-state index >= 15 is 0 Å². The summed E-state index contributed by atoms with van der Waals surface area (Å²) in [5.74, 6) is 0.0480. The number of Topliss-reactive ketones (excluding diaryl/α,β-unsaturated/α-hetero) is 1. The number of hydrogen-bond donors (Lipinski definition) is 0. The van der Waals surface area contributed by atoms with E-state index in [-0.39, 0.29) is 12.2 Å². The van der Waals surface area contributed by atoms with Crippen LogP contribution >= 0.6 is 23.2 Å². The van der Waals surface area contributed by atoms with Gasteiger partial charge in [0.25, 0.3) is 0 Å². The van der Waals surface area contributed by atoms with Crippen molar-refractivity contribution in [2.75, 3.05) is 19.8 Å². The highest BCUT2D eigenvalue weighted by molar-refractivity contribution is 6.33. The van der Waals surface area contributed by atoms with Gasteiger partial charge in [0.05, 0.1) is 0 Å². The SMILES string of the molecule is CCOC1(C(=O)Cc2cc(Cl)ccc2Cl)CCOCC1. The number of ether oxygens (including phenoxy) is 2. The Bertz CT molecular complexity index is 476. The van der Waals surface area contributed by atoms with E-state index in [9.17, 15) is 4.79 Å². The average Bonchev–Trinajstić information content (AvgIpc) is 2.44. The Hall–Kier alpha value is -0.610. The van der Waals surface area contributed by atoms with Gasteiger partial charge in [-0.3, -0.25) is 4.79 Å². The van der Waals surface area contributed by atoms with E-state index in [1.54, 1.807) is 18.2 Å². The van der Waals surface area contributed by atoms with Crippen LogP contribution in [0.1, 0.15) is 25.3 Å². The van der Waals surface area contributed by atoms with Gasteiger partial charge in [-0.2, -0.15) is 0 Å². The summed E-state index contributed by atoms with van der Waals surface area (Å²) in [6.45, 7) is 3.51. The van der Waals surface area contributed by atoms with E-state index in [2.05, 4.69) is 0 Å². The molecule has 0 amide bonds. The van der Waals surface area contributed by atoms with Gasteiger partial charge in [-0.05, 0) is 30.7 Å². The van der Waals surface area contributed by atoms with E-state index in [4.69, 9.17) is 32.7 Å². The standard InChI is InChI=1S/C15H18Cl2O3/c1-2-20-15(5-7-19-8-6-15)14(18)10-11-9-12(16)3-4-13(11)17/h3-4,9H,2,5-8,10H2,1H3. The number of carbonyl (C=O) groups is 1. The molecule has 1 aromatic rings. The van der Waals surface area contributed by atoms with E-state index in [0.29, 0.717) is 42.7 Å². The minimum absolute atomic E-state index is 0.0480. The van der Waals surface area contributed by atoms with Crippen LogP contribution in [0, 0.1) is 0 Å². The number of carbonyl (C=O) groups excluding carboxylic acids is 1. The van der Waals surface area contributed by atoms with Crippen molar-refractivity contribution in [1.29, 1.82) is 0 Å². The first kappa shape index (κ1) is 15.8. The molecule has 3 nitrogen and oxygen atoms in total. The summed E-state index contributed by atoms with van der Waals surface area (Å²) >= 11 is 12.1. The van der Waals surface area contributed by atoms with Crippen LogP contribution in [0.25, 0.3) is 0 Å². The van der Waals surface area contributed by atoms with Crippen molar-refractivity contribution in [3.8, 4) is 0 Å². The third-order valence-electron chi connectivity index (χ3n) is 3.59. The number of ketones is 1. The van der Waals surface area contributed by atoms with E-state index in [0.717, 1.165) is 5.56 Å². The molecule has 1 heterocycles. The quantitative estimate of drug-likeness (QED) is 0.831. The summed E-state index contributed by atoms with van der Waals surface area (Å²) in [7, 11) is 0. The molecule has 0 aliphatic carbocycles. The molecular weight excluding hydrogens is 299 g/mol. The maximum absolute atomic E-state index is 12.7. The van der Waals surface area contributed by atoms with Gasteiger partial charge in [0.15, 0.2) is 5.78 Å². The van der Waals surface area contributed by atoms with Gasteiger partial charge in [-0.15, -0.1) is 0 Å². The third kappa shape index (κ3) is 3.53. The summed E-state index contributed by atoms with van der Waals surface area (Å²) < 4.78 is 11.1. The van der Waals surface area contributed by atoms with Crippen LogP contribution in [0.15, 0.2) is 18.2 Å². The van der Waals surface area contributed by atoms with Gasteiger partial charge in [0.1, 0.15) is 5.60 Å². The maximum Gasteiger partial charge on any atom is 0.169 e. The summed E-state index contributed by atoms with van der Waals surface area (Å²) in [5.41, 5.74) is 0.00767. The number of benzene rings is 1. The topological polar surface area (TPSA) is 35.5 Å². The summed E-state index contributed by atoms with van der Waals surface area (Å²) in [4.78, 5) is 12.7. The lowest BCUT2D eigenvalue weighted by Gasteiger charge is -2.35. The van der Waals surface area contributed by atoms with Crippen LogP contribution in [-0.4, -0.2) is 31.2 Å². The smallest absolute Gasteiger partial charge is 0.169 e. The van der Waals surface area contributed by atoms with E-state index in [1.807, 2.05) is 6.92 Å². The molecule has 1 fully saturated rings. The van der Waals surface area contributed by atoms with Crippen molar-refractivity contribution < 1.29 is 14.3 Å². The number of rotatable bonds is 5. The molecule has 5 heteroatoms. The Morgan fingerprint density at radius 1 is 1.35 bits per heavy atom. The fourth-order valence-corrected chi connectivity index (χ4v) is 2.87. The lowest BCUT2D eigenvalue weighted by Crippen LogP contribution is -2.47. The Labute approximate surface area is 129 Å². The highest BCUT2D eigenvalue weighted by Gasteiger charge is 2.40. The van der Waals surface area contributed by atoms with Crippen molar-refractivity contribution in [2.24, 2.45) is 0 Å². The Balaban J connectivity index is 2.18. The summed E-state index contributed by atoms with van der Waals surface area (Å²) in [5, 5.41) is 1.14. The Morgan fingerprint density at radius 3 is 2.70 bits per heavy atom. The third-order valence-corrected chi connectivity index (χ3v) is 4.19. The monoisotopic (exact) mass is 316 g/mol. The molecule has 0 bridgehead atoms. The van der Waals surface area contributed by atoms with Gasteiger partial charge in [0, 0.05) is 49.1 Å². The fourth-order valence-electron chi connectivity index (χ4n) is 2.49. The summed E-state index contributed by atoms with van der Waals surface area (Å²) in [6, 6.07) is 5.16. The van der Waals surface area contributed by atoms with Crippen molar-refractivity contribution in [3.05, 3.63) is 33.8 Å². The lowest BCUT2D eigenvalue weighted by atomic mass is 9.86. The summed E-state index contributed by atoms with van der Waals surface area (Å²) in [6.07, 6.45) is 1.43. The highest BCUT2D eigenvalue weighted by atomic mass is 35.5. The van der Waals surface area contributed by atoms with E-state index < -0.39 is 5.60 Å². The minimum Gasteiger partial charge on any atom is -0.381 e. The number of hydrogen-bond acceptors (Lipinski definition) is 3. The average molecular weight is 317 g/mol. The molecule has 1 saturated heterocycles. The first-order valence-electron chi connectivity index (χ1n) is 6.76. The molecule has 0 atom stereocenters. The van der Waals surface area contributed by atoms with E-state index in [1.165, 1.54) is 0 Å². The van der Waals surface area contributed by atoms with Crippen LogP contribution in [-0.2, 0) is 20.7 Å². The van der Waals surface area contributed by atoms with Gasteiger partial charge < -0.3 is 9.47 Å².